The Bertz CT molecular complexity index is 880. The molecular weight excluding hydrogens is 275 g/mol. The van der Waals surface area contributed by atoms with Gasteiger partial charge in [0.05, 0.1) is 22.9 Å². The number of H-pyrrole nitrogens is 1. The van der Waals surface area contributed by atoms with Gasteiger partial charge in [0.25, 0.3) is 5.91 Å². The average molecular weight is 286 g/mol. The summed E-state index contributed by atoms with van der Waals surface area (Å²) in [4.78, 5) is 30.1. The monoisotopic (exact) mass is 286 g/mol. The number of carbonyl (C=O) groups is 1. The maximum Gasteiger partial charge on any atom is 0.331 e. The zero-order valence-corrected chi connectivity index (χ0v) is 11.1. The molecule has 3 aromatic rings. The van der Waals surface area contributed by atoms with Gasteiger partial charge in [0.1, 0.15) is 11.5 Å². The predicted molar refractivity (Wildman–Crippen MR) is 75.0 cm³/mol. The Morgan fingerprint density at radius 3 is 2.81 bits per heavy atom. The summed E-state index contributed by atoms with van der Waals surface area (Å²) in [6.07, 6.45) is 1.39. The highest BCUT2D eigenvalue weighted by Gasteiger charge is 2.11. The Balaban J connectivity index is 2.16. The van der Waals surface area contributed by atoms with Crippen molar-refractivity contribution >= 4 is 16.9 Å². The molecule has 7 heteroatoms. The third-order valence-corrected chi connectivity index (χ3v) is 3.11. The highest BCUT2D eigenvalue weighted by molar-refractivity contribution is 5.92. The minimum absolute atomic E-state index is 0.236. The van der Waals surface area contributed by atoms with Gasteiger partial charge in [0.15, 0.2) is 0 Å². The van der Waals surface area contributed by atoms with Crippen LogP contribution in [0.2, 0.25) is 0 Å². The number of amides is 1. The molecule has 0 spiro atoms. The van der Waals surface area contributed by atoms with Gasteiger partial charge in [-0.05, 0) is 24.3 Å². The number of hydrogen-bond donors (Lipinski definition) is 2. The van der Waals surface area contributed by atoms with E-state index in [1.807, 2.05) is 0 Å². The first kappa shape index (κ1) is 13.0. The largest absolute Gasteiger partial charge is 0.354 e. The van der Waals surface area contributed by atoms with Gasteiger partial charge in [0.2, 0.25) is 0 Å². The summed E-state index contributed by atoms with van der Waals surface area (Å²) < 4.78 is 14.7. The van der Waals surface area contributed by atoms with E-state index in [4.69, 9.17) is 0 Å². The summed E-state index contributed by atoms with van der Waals surface area (Å²) in [5.41, 5.74) is 1.22. The van der Waals surface area contributed by atoms with Gasteiger partial charge in [-0.3, -0.25) is 9.36 Å². The van der Waals surface area contributed by atoms with Crippen LogP contribution in [0.25, 0.3) is 16.7 Å². The summed E-state index contributed by atoms with van der Waals surface area (Å²) in [5.74, 6) is -0.760. The normalized spacial score (nSPS) is 10.8. The Kier molecular flexibility index (Phi) is 3.02. The molecule has 1 amide bonds. The number of rotatable bonds is 2. The molecule has 0 unspecified atom stereocenters. The molecule has 106 valence electrons. The van der Waals surface area contributed by atoms with Crippen molar-refractivity contribution < 1.29 is 9.18 Å². The van der Waals surface area contributed by atoms with E-state index in [0.717, 1.165) is 0 Å². The first-order chi connectivity index (χ1) is 10.1. The average Bonchev–Trinajstić information content (AvgIpc) is 2.82. The molecule has 0 aliphatic heterocycles. The van der Waals surface area contributed by atoms with Crippen LogP contribution in [-0.4, -0.2) is 27.5 Å². The van der Waals surface area contributed by atoms with Crippen LogP contribution < -0.4 is 11.0 Å². The van der Waals surface area contributed by atoms with E-state index in [0.29, 0.717) is 16.7 Å². The molecule has 0 radical (unpaired) electrons. The fourth-order valence-corrected chi connectivity index (χ4v) is 2.11. The number of halogens is 1. The molecule has 6 nitrogen and oxygen atoms in total. The number of imidazole rings is 1. The third kappa shape index (κ3) is 2.18. The number of carbonyl (C=O) groups excluding carboxylic acids is 1. The minimum atomic E-state index is -0.440. The fraction of sp³-hybridized carbons (Fsp3) is 0.0714. The van der Waals surface area contributed by atoms with E-state index in [-0.39, 0.29) is 11.6 Å². The topological polar surface area (TPSA) is 79.8 Å². The molecule has 0 saturated carbocycles. The summed E-state index contributed by atoms with van der Waals surface area (Å²) in [6, 6.07) is 7.11. The molecule has 0 fully saturated rings. The number of fused-ring (bicyclic) bond motifs is 1. The number of aromatic nitrogens is 3. The molecule has 3 rings (SSSR count). The van der Waals surface area contributed by atoms with Crippen LogP contribution in [-0.2, 0) is 0 Å². The van der Waals surface area contributed by atoms with Crippen LogP contribution in [0.5, 0.6) is 0 Å². The number of nitrogens with zero attached hydrogens (tertiary/aromatic N) is 2. The molecule has 1 aromatic carbocycles. The maximum atomic E-state index is 13.4. The Labute approximate surface area is 118 Å². The SMILES string of the molecule is CNC(=O)c1ccc(-n2c(=O)[nH]c3ccc(F)cc32)cn1. The van der Waals surface area contributed by atoms with Crippen LogP contribution in [0.3, 0.4) is 0 Å². The quantitative estimate of drug-likeness (QED) is 0.743. The van der Waals surface area contributed by atoms with Crippen molar-refractivity contribution in [3.05, 3.63) is 58.5 Å². The summed E-state index contributed by atoms with van der Waals surface area (Å²) in [5, 5.41) is 2.46. The van der Waals surface area contributed by atoms with Gasteiger partial charge in [-0.1, -0.05) is 0 Å². The zero-order valence-electron chi connectivity index (χ0n) is 11.1. The van der Waals surface area contributed by atoms with Crippen LogP contribution in [0.1, 0.15) is 10.5 Å². The van der Waals surface area contributed by atoms with Gasteiger partial charge in [-0.25, -0.2) is 14.2 Å². The van der Waals surface area contributed by atoms with Crippen molar-refractivity contribution in [2.45, 2.75) is 0 Å². The molecule has 2 aromatic heterocycles. The Morgan fingerprint density at radius 1 is 1.33 bits per heavy atom. The second-order valence-corrected chi connectivity index (χ2v) is 4.41. The summed E-state index contributed by atoms with van der Waals surface area (Å²) in [7, 11) is 1.50. The molecular formula is C14H11FN4O2. The highest BCUT2D eigenvalue weighted by Crippen LogP contribution is 2.16. The van der Waals surface area contributed by atoms with E-state index in [1.165, 1.54) is 42.1 Å². The molecule has 2 heterocycles. The second kappa shape index (κ2) is 4.86. The van der Waals surface area contributed by atoms with Gasteiger partial charge < -0.3 is 10.3 Å². The zero-order chi connectivity index (χ0) is 15.0. The third-order valence-electron chi connectivity index (χ3n) is 3.11. The van der Waals surface area contributed by atoms with Crippen LogP contribution in [0.15, 0.2) is 41.3 Å². The summed E-state index contributed by atoms with van der Waals surface area (Å²) in [6.45, 7) is 0. The number of hydrogen-bond acceptors (Lipinski definition) is 3. The van der Waals surface area contributed by atoms with Crippen molar-refractivity contribution in [1.29, 1.82) is 0 Å². The van der Waals surface area contributed by atoms with Gasteiger partial charge >= 0.3 is 5.69 Å². The lowest BCUT2D eigenvalue weighted by Gasteiger charge is -2.04. The molecule has 0 saturated heterocycles. The van der Waals surface area contributed by atoms with E-state index in [2.05, 4.69) is 15.3 Å². The van der Waals surface area contributed by atoms with E-state index < -0.39 is 11.5 Å². The van der Waals surface area contributed by atoms with Crippen molar-refractivity contribution in [2.75, 3.05) is 7.05 Å². The number of benzene rings is 1. The van der Waals surface area contributed by atoms with E-state index >= 15 is 0 Å². The van der Waals surface area contributed by atoms with Crippen LogP contribution >= 0.6 is 0 Å². The lowest BCUT2D eigenvalue weighted by atomic mass is 10.3. The Morgan fingerprint density at radius 2 is 2.14 bits per heavy atom. The standard InChI is InChI=1S/C14H11FN4O2/c1-16-13(20)11-5-3-9(7-17-11)19-12-6-8(15)2-4-10(12)18-14(19)21/h2-7H,1H3,(H,16,20)(H,18,21). The number of aromatic amines is 1. The smallest absolute Gasteiger partial charge is 0.331 e. The molecule has 0 aliphatic rings. The van der Waals surface area contributed by atoms with Crippen molar-refractivity contribution in [3.63, 3.8) is 0 Å². The lowest BCUT2D eigenvalue weighted by Crippen LogP contribution is -2.20. The molecule has 21 heavy (non-hydrogen) atoms. The molecule has 0 atom stereocenters. The fourth-order valence-electron chi connectivity index (χ4n) is 2.11. The maximum absolute atomic E-state index is 13.4. The predicted octanol–water partition coefficient (Wildman–Crippen LogP) is 1.21. The number of nitrogens with one attached hydrogen (secondary N) is 2. The second-order valence-electron chi connectivity index (χ2n) is 4.41. The van der Waals surface area contributed by atoms with Crippen molar-refractivity contribution in [2.24, 2.45) is 0 Å². The van der Waals surface area contributed by atoms with E-state index in [9.17, 15) is 14.0 Å². The molecule has 0 aliphatic carbocycles. The first-order valence-corrected chi connectivity index (χ1v) is 6.19. The summed E-state index contributed by atoms with van der Waals surface area (Å²) >= 11 is 0. The molecule has 0 bridgehead atoms. The highest BCUT2D eigenvalue weighted by atomic mass is 19.1. The van der Waals surface area contributed by atoms with Crippen molar-refractivity contribution in [3.8, 4) is 5.69 Å². The molecule has 2 N–H and O–H groups in total. The Hall–Kier alpha value is -2.96. The van der Waals surface area contributed by atoms with Crippen LogP contribution in [0, 0.1) is 5.82 Å². The van der Waals surface area contributed by atoms with Gasteiger partial charge in [-0.2, -0.15) is 0 Å². The van der Waals surface area contributed by atoms with E-state index in [1.54, 1.807) is 6.07 Å². The van der Waals surface area contributed by atoms with Crippen molar-refractivity contribution in [1.82, 2.24) is 19.9 Å². The lowest BCUT2D eigenvalue weighted by molar-refractivity contribution is 0.0958. The van der Waals surface area contributed by atoms with Gasteiger partial charge in [0, 0.05) is 13.1 Å². The van der Waals surface area contributed by atoms with Gasteiger partial charge in [-0.15, -0.1) is 0 Å². The number of pyridine rings is 1. The first-order valence-electron chi connectivity index (χ1n) is 6.19. The van der Waals surface area contributed by atoms with Crippen LogP contribution in [0.4, 0.5) is 4.39 Å². The minimum Gasteiger partial charge on any atom is -0.354 e.